The normalized spacial score (nSPS) is 23.0. The van der Waals surface area contributed by atoms with Gasteiger partial charge in [0, 0.05) is 45.5 Å². The molecule has 0 saturated carbocycles. The molecular formula is C13H16ClF2NO2S. The van der Waals surface area contributed by atoms with Crippen LogP contribution in [0.2, 0.25) is 5.02 Å². The van der Waals surface area contributed by atoms with Crippen LogP contribution in [0.15, 0.2) is 18.2 Å². The largest absolute Gasteiger partial charge is 0.434 e. The molecule has 1 aromatic carbocycles. The van der Waals surface area contributed by atoms with Gasteiger partial charge in [-0.15, -0.1) is 0 Å². The lowest BCUT2D eigenvalue weighted by Gasteiger charge is -2.23. The third-order valence-corrected chi connectivity index (χ3v) is 4.82. The highest BCUT2D eigenvalue weighted by Gasteiger charge is 2.18. The number of ether oxygens (including phenoxy) is 1. The van der Waals surface area contributed by atoms with Crippen molar-refractivity contribution < 1.29 is 17.7 Å². The zero-order chi connectivity index (χ0) is 14.5. The Kier molecular flexibility index (Phi) is 5.74. The zero-order valence-electron chi connectivity index (χ0n) is 10.8. The van der Waals surface area contributed by atoms with Crippen LogP contribution in [-0.2, 0) is 17.3 Å². The molecule has 0 aromatic heterocycles. The zero-order valence-corrected chi connectivity index (χ0v) is 12.4. The first kappa shape index (κ1) is 15.7. The molecule has 2 rings (SSSR count). The van der Waals surface area contributed by atoms with Crippen LogP contribution >= 0.6 is 11.6 Å². The van der Waals surface area contributed by atoms with Gasteiger partial charge in [-0.2, -0.15) is 8.78 Å². The summed E-state index contributed by atoms with van der Waals surface area (Å²) >= 11 is 5.88. The molecule has 0 bridgehead atoms. The fraction of sp³-hybridized carbons (Fsp3) is 0.538. The Morgan fingerprint density at radius 2 is 2.10 bits per heavy atom. The number of hydrogen-bond donors (Lipinski definition) is 1. The monoisotopic (exact) mass is 323 g/mol. The lowest BCUT2D eigenvalue weighted by Crippen LogP contribution is -2.35. The average molecular weight is 324 g/mol. The summed E-state index contributed by atoms with van der Waals surface area (Å²) < 4.78 is 40.4. The van der Waals surface area contributed by atoms with Gasteiger partial charge >= 0.3 is 6.61 Å². The minimum atomic E-state index is -2.85. The van der Waals surface area contributed by atoms with E-state index in [1.165, 1.54) is 12.1 Å². The van der Waals surface area contributed by atoms with Crippen molar-refractivity contribution in [3.63, 3.8) is 0 Å². The van der Waals surface area contributed by atoms with E-state index in [1.807, 2.05) is 0 Å². The Hall–Kier alpha value is -0.720. The highest BCUT2D eigenvalue weighted by molar-refractivity contribution is 7.85. The van der Waals surface area contributed by atoms with Crippen molar-refractivity contribution >= 4 is 22.4 Å². The third kappa shape index (κ3) is 4.68. The van der Waals surface area contributed by atoms with Crippen molar-refractivity contribution in [1.82, 2.24) is 5.32 Å². The second-order valence-electron chi connectivity index (χ2n) is 4.63. The van der Waals surface area contributed by atoms with E-state index in [0.717, 1.165) is 12.8 Å². The van der Waals surface area contributed by atoms with Gasteiger partial charge in [-0.05, 0) is 31.0 Å². The van der Waals surface area contributed by atoms with Crippen LogP contribution in [0.3, 0.4) is 0 Å². The summed E-state index contributed by atoms with van der Waals surface area (Å²) in [6, 6.07) is 4.84. The maximum atomic E-state index is 12.3. The second kappa shape index (κ2) is 7.33. The molecule has 1 aromatic rings. The molecule has 0 unspecified atom stereocenters. The van der Waals surface area contributed by atoms with Gasteiger partial charge in [0.15, 0.2) is 0 Å². The fourth-order valence-corrected chi connectivity index (χ4v) is 3.64. The Morgan fingerprint density at radius 1 is 1.40 bits per heavy atom. The molecule has 112 valence electrons. The Bertz CT molecular complexity index is 477. The summed E-state index contributed by atoms with van der Waals surface area (Å²) in [7, 11) is -0.710. The lowest BCUT2D eigenvalue weighted by molar-refractivity contribution is -0.0505. The van der Waals surface area contributed by atoms with Crippen LogP contribution in [0.4, 0.5) is 8.78 Å². The summed E-state index contributed by atoms with van der Waals surface area (Å²) in [4.78, 5) is 0. The van der Waals surface area contributed by atoms with E-state index in [-0.39, 0.29) is 11.8 Å². The molecule has 1 heterocycles. The van der Waals surface area contributed by atoms with Gasteiger partial charge in [-0.1, -0.05) is 11.6 Å². The van der Waals surface area contributed by atoms with Crippen molar-refractivity contribution in [3.8, 4) is 5.75 Å². The number of benzene rings is 1. The standard InChI is InChI=1S/C13H16ClF2NO2S/c14-10-1-2-12(19-13(15)16)9(7-10)8-17-11-3-5-20(18)6-4-11/h1-2,7,11,13,17H,3-6,8H2. The van der Waals surface area contributed by atoms with Crippen LogP contribution in [0.1, 0.15) is 18.4 Å². The molecule has 0 aliphatic carbocycles. The van der Waals surface area contributed by atoms with Crippen LogP contribution < -0.4 is 10.1 Å². The van der Waals surface area contributed by atoms with E-state index >= 15 is 0 Å². The van der Waals surface area contributed by atoms with Crippen molar-refractivity contribution in [1.29, 1.82) is 0 Å². The van der Waals surface area contributed by atoms with Crippen molar-refractivity contribution in [2.24, 2.45) is 0 Å². The SMILES string of the molecule is O=S1CCC(NCc2cc(Cl)ccc2OC(F)F)CC1. The molecule has 7 heteroatoms. The molecule has 0 spiro atoms. The van der Waals surface area contributed by atoms with Crippen LogP contribution in [-0.4, -0.2) is 28.4 Å². The molecule has 0 atom stereocenters. The van der Waals surface area contributed by atoms with Crippen LogP contribution in [0, 0.1) is 0 Å². The first-order valence-corrected chi connectivity index (χ1v) is 8.23. The quantitative estimate of drug-likeness (QED) is 0.905. The molecule has 0 amide bonds. The number of halogens is 3. The lowest BCUT2D eigenvalue weighted by atomic mass is 10.1. The van der Waals surface area contributed by atoms with E-state index in [1.54, 1.807) is 6.07 Å². The predicted molar refractivity (Wildman–Crippen MR) is 75.8 cm³/mol. The van der Waals surface area contributed by atoms with Gasteiger partial charge in [-0.25, -0.2) is 0 Å². The molecular weight excluding hydrogens is 308 g/mol. The van der Waals surface area contributed by atoms with Gasteiger partial charge in [0.1, 0.15) is 5.75 Å². The fourth-order valence-electron chi connectivity index (χ4n) is 2.15. The van der Waals surface area contributed by atoms with Crippen molar-refractivity contribution in [2.75, 3.05) is 11.5 Å². The summed E-state index contributed by atoms with van der Waals surface area (Å²) in [5.74, 6) is 1.51. The van der Waals surface area contributed by atoms with Crippen molar-refractivity contribution in [2.45, 2.75) is 32.0 Å². The van der Waals surface area contributed by atoms with Crippen LogP contribution in [0.5, 0.6) is 5.75 Å². The second-order valence-corrected chi connectivity index (χ2v) is 6.77. The molecule has 1 aliphatic heterocycles. The van der Waals surface area contributed by atoms with E-state index < -0.39 is 17.4 Å². The summed E-state index contributed by atoms with van der Waals surface area (Å²) in [6.07, 6.45) is 1.66. The third-order valence-electron chi connectivity index (χ3n) is 3.21. The molecule has 1 saturated heterocycles. The Balaban J connectivity index is 1.97. The topological polar surface area (TPSA) is 38.3 Å². The summed E-state index contributed by atoms with van der Waals surface area (Å²) in [5, 5.41) is 3.76. The molecule has 1 N–H and O–H groups in total. The van der Waals surface area contributed by atoms with E-state index in [0.29, 0.717) is 28.6 Å². The maximum absolute atomic E-state index is 12.3. The number of hydrogen-bond acceptors (Lipinski definition) is 3. The van der Waals surface area contributed by atoms with Gasteiger partial charge in [0.25, 0.3) is 0 Å². The summed E-state index contributed by atoms with van der Waals surface area (Å²) in [5.41, 5.74) is 0.601. The molecule has 3 nitrogen and oxygen atoms in total. The van der Waals surface area contributed by atoms with Gasteiger partial charge in [0.05, 0.1) is 0 Å². The average Bonchev–Trinajstić information content (AvgIpc) is 2.40. The highest BCUT2D eigenvalue weighted by atomic mass is 35.5. The van der Waals surface area contributed by atoms with E-state index in [9.17, 15) is 13.0 Å². The van der Waals surface area contributed by atoms with E-state index in [2.05, 4.69) is 10.1 Å². The number of rotatable bonds is 5. The minimum Gasteiger partial charge on any atom is -0.434 e. The smallest absolute Gasteiger partial charge is 0.387 e. The molecule has 1 aliphatic rings. The maximum Gasteiger partial charge on any atom is 0.387 e. The first-order chi connectivity index (χ1) is 9.54. The van der Waals surface area contributed by atoms with Gasteiger partial charge in [-0.3, -0.25) is 4.21 Å². The first-order valence-electron chi connectivity index (χ1n) is 6.36. The van der Waals surface area contributed by atoms with E-state index in [4.69, 9.17) is 11.6 Å². The van der Waals surface area contributed by atoms with Gasteiger partial charge in [0.2, 0.25) is 0 Å². The predicted octanol–water partition coefficient (Wildman–Crippen LogP) is 2.94. The summed E-state index contributed by atoms with van der Waals surface area (Å²) in [6.45, 7) is -2.45. The number of alkyl halides is 2. The Labute approximate surface area is 124 Å². The van der Waals surface area contributed by atoms with Crippen molar-refractivity contribution in [3.05, 3.63) is 28.8 Å². The van der Waals surface area contributed by atoms with Gasteiger partial charge < -0.3 is 10.1 Å². The number of nitrogens with one attached hydrogen (secondary N) is 1. The molecule has 1 fully saturated rings. The van der Waals surface area contributed by atoms with Crippen LogP contribution in [0.25, 0.3) is 0 Å². The Morgan fingerprint density at radius 3 is 2.75 bits per heavy atom. The minimum absolute atomic E-state index is 0.135. The molecule has 0 radical (unpaired) electrons. The highest BCUT2D eigenvalue weighted by Crippen LogP contribution is 2.25. The molecule has 20 heavy (non-hydrogen) atoms.